The number of rotatable bonds is 2. The maximum absolute atomic E-state index is 13.3. The van der Waals surface area contributed by atoms with Crippen molar-refractivity contribution in [2.24, 2.45) is 0 Å². The average molecular weight is 402 g/mol. The molecule has 2 aliphatic heterocycles. The zero-order valence-corrected chi connectivity index (χ0v) is 16.7. The topological polar surface area (TPSA) is 70.0 Å². The Labute approximate surface area is 166 Å². The predicted octanol–water partition coefficient (Wildman–Crippen LogP) is 1.24. The van der Waals surface area contributed by atoms with Gasteiger partial charge in [-0.2, -0.15) is 0 Å². The second kappa shape index (κ2) is 7.06. The molecule has 1 N–H and O–H groups in total. The summed E-state index contributed by atoms with van der Waals surface area (Å²) in [6.45, 7) is 5.27. The van der Waals surface area contributed by atoms with Gasteiger partial charge in [0.1, 0.15) is 15.8 Å². The molecule has 0 spiro atoms. The van der Waals surface area contributed by atoms with Gasteiger partial charge in [-0.05, 0) is 31.7 Å². The number of thiocarbonyl (C=S) groups is 1. The molecule has 0 unspecified atom stereocenters. The van der Waals surface area contributed by atoms with Gasteiger partial charge in [0.15, 0.2) is 0 Å². The van der Waals surface area contributed by atoms with Crippen molar-refractivity contribution in [3.05, 3.63) is 44.7 Å². The Morgan fingerprint density at radius 2 is 1.96 bits per heavy atom. The van der Waals surface area contributed by atoms with Crippen molar-refractivity contribution >= 4 is 51.7 Å². The lowest BCUT2D eigenvalue weighted by molar-refractivity contribution is -0.115. The van der Waals surface area contributed by atoms with Gasteiger partial charge in [-0.15, -0.1) is 0 Å². The summed E-state index contributed by atoms with van der Waals surface area (Å²) < 4.78 is 1.94. The molecule has 2 aromatic heterocycles. The van der Waals surface area contributed by atoms with Crippen molar-refractivity contribution in [3.63, 3.8) is 0 Å². The minimum absolute atomic E-state index is 0.184. The number of likely N-dealkylation sites (N-methyl/N-ethyl adjacent to an activating group) is 1. The zero-order chi connectivity index (χ0) is 19.1. The number of nitrogens with one attached hydrogen (secondary N) is 1. The zero-order valence-electron chi connectivity index (χ0n) is 15.1. The smallest absolute Gasteiger partial charge is 0.267 e. The first-order chi connectivity index (χ1) is 12.9. The highest BCUT2D eigenvalue weighted by molar-refractivity contribution is 8.26. The summed E-state index contributed by atoms with van der Waals surface area (Å²) in [7, 11) is 2.08. The van der Waals surface area contributed by atoms with Gasteiger partial charge >= 0.3 is 0 Å². The summed E-state index contributed by atoms with van der Waals surface area (Å²) in [5.41, 5.74) is 1.80. The normalized spacial score (nSPS) is 19.9. The van der Waals surface area contributed by atoms with E-state index in [-0.39, 0.29) is 11.5 Å². The van der Waals surface area contributed by atoms with Gasteiger partial charge in [0.2, 0.25) is 0 Å². The molecule has 0 radical (unpaired) electrons. The molecule has 9 heteroatoms. The number of thioether (sulfide) groups is 1. The SMILES string of the molecule is Cc1ccc2nc(N3CCN(C)CC3)c(C=C3SC(=S)NC3=O)c(=O)n2c1. The molecule has 0 bridgehead atoms. The van der Waals surface area contributed by atoms with E-state index in [9.17, 15) is 9.59 Å². The predicted molar refractivity (Wildman–Crippen MR) is 112 cm³/mol. The van der Waals surface area contributed by atoms with Crippen molar-refractivity contribution in [3.8, 4) is 0 Å². The molecule has 2 aliphatic rings. The van der Waals surface area contributed by atoms with Crippen LogP contribution in [0.25, 0.3) is 11.7 Å². The number of fused-ring (bicyclic) bond motifs is 1. The van der Waals surface area contributed by atoms with Gasteiger partial charge in [-0.3, -0.25) is 14.0 Å². The third kappa shape index (κ3) is 3.50. The Kier molecular flexibility index (Phi) is 4.75. The van der Waals surface area contributed by atoms with Gasteiger partial charge in [0, 0.05) is 32.4 Å². The van der Waals surface area contributed by atoms with Crippen LogP contribution in [0.1, 0.15) is 11.1 Å². The lowest BCUT2D eigenvalue weighted by Crippen LogP contribution is -2.45. The number of hydrogen-bond donors (Lipinski definition) is 1. The number of nitrogens with zero attached hydrogens (tertiary/aromatic N) is 4. The van der Waals surface area contributed by atoms with Gasteiger partial charge in [0.05, 0.1) is 10.5 Å². The Bertz CT molecular complexity index is 1040. The summed E-state index contributed by atoms with van der Waals surface area (Å²) in [4.78, 5) is 34.9. The summed E-state index contributed by atoms with van der Waals surface area (Å²) >= 11 is 6.23. The number of aromatic nitrogens is 2. The molecule has 2 aromatic rings. The second-order valence-electron chi connectivity index (χ2n) is 6.73. The third-order valence-corrected chi connectivity index (χ3v) is 5.87. The largest absolute Gasteiger partial charge is 0.353 e. The number of pyridine rings is 1. The molecule has 7 nitrogen and oxygen atoms in total. The van der Waals surface area contributed by atoms with Crippen molar-refractivity contribution < 1.29 is 4.79 Å². The molecule has 2 fully saturated rings. The molecule has 0 aromatic carbocycles. The number of carbonyl (C=O) groups is 1. The Balaban J connectivity index is 1.90. The van der Waals surface area contributed by atoms with E-state index in [1.54, 1.807) is 12.3 Å². The standard InChI is InChI=1S/C18H19N5O2S2/c1-11-3-4-14-19-15(22-7-5-21(2)6-8-22)12(17(25)23(14)10-11)9-13-16(24)20-18(26)27-13/h3-4,9-10H,5-8H2,1-2H3,(H,20,24,26). The summed E-state index contributed by atoms with van der Waals surface area (Å²) in [5.74, 6) is 0.346. The number of piperazine rings is 1. The first-order valence-electron chi connectivity index (χ1n) is 8.64. The van der Waals surface area contributed by atoms with Crippen LogP contribution >= 0.6 is 24.0 Å². The summed E-state index contributed by atoms with van der Waals surface area (Å²) in [6.07, 6.45) is 3.39. The van der Waals surface area contributed by atoms with E-state index in [1.165, 1.54) is 16.2 Å². The van der Waals surface area contributed by atoms with Crippen LogP contribution in [-0.4, -0.2) is 57.7 Å². The minimum Gasteiger partial charge on any atom is -0.353 e. The second-order valence-corrected chi connectivity index (χ2v) is 8.45. The number of hydrogen-bond acceptors (Lipinski definition) is 7. The highest BCUT2D eigenvalue weighted by Crippen LogP contribution is 2.28. The van der Waals surface area contributed by atoms with Crippen LogP contribution in [0, 0.1) is 6.92 Å². The van der Waals surface area contributed by atoms with Gasteiger partial charge in [0.25, 0.3) is 11.5 Å². The maximum Gasteiger partial charge on any atom is 0.267 e. The molecule has 0 atom stereocenters. The van der Waals surface area contributed by atoms with Crippen molar-refractivity contribution in [2.45, 2.75) is 6.92 Å². The molecule has 140 valence electrons. The number of anilines is 1. The Morgan fingerprint density at radius 1 is 1.22 bits per heavy atom. The van der Waals surface area contributed by atoms with Crippen LogP contribution < -0.4 is 15.8 Å². The van der Waals surface area contributed by atoms with Gasteiger partial charge < -0.3 is 15.1 Å². The maximum atomic E-state index is 13.3. The average Bonchev–Trinajstić information content (AvgIpc) is 2.95. The fraction of sp³-hybridized carbons (Fsp3) is 0.333. The van der Waals surface area contributed by atoms with E-state index in [0.717, 1.165) is 31.7 Å². The first-order valence-corrected chi connectivity index (χ1v) is 9.86. The number of carbonyl (C=O) groups excluding carboxylic acids is 1. The van der Waals surface area contributed by atoms with Crippen LogP contribution in [0.3, 0.4) is 0 Å². The summed E-state index contributed by atoms with van der Waals surface area (Å²) in [6, 6.07) is 3.78. The van der Waals surface area contributed by atoms with Crippen LogP contribution in [0.5, 0.6) is 0 Å². The fourth-order valence-corrected chi connectivity index (χ4v) is 4.21. The van der Waals surface area contributed by atoms with E-state index < -0.39 is 0 Å². The van der Waals surface area contributed by atoms with Crippen molar-refractivity contribution in [1.29, 1.82) is 0 Å². The molecule has 1 amide bonds. The van der Waals surface area contributed by atoms with Crippen LogP contribution in [-0.2, 0) is 4.79 Å². The van der Waals surface area contributed by atoms with E-state index in [4.69, 9.17) is 17.2 Å². The monoisotopic (exact) mass is 401 g/mol. The molecule has 27 heavy (non-hydrogen) atoms. The number of aryl methyl sites for hydroxylation is 1. The van der Waals surface area contributed by atoms with Crippen molar-refractivity contribution in [1.82, 2.24) is 19.6 Å². The van der Waals surface area contributed by atoms with Crippen LogP contribution in [0.2, 0.25) is 0 Å². The number of amides is 1. The molecule has 0 aliphatic carbocycles. The first kappa shape index (κ1) is 18.1. The molecule has 4 heterocycles. The minimum atomic E-state index is -0.275. The summed E-state index contributed by atoms with van der Waals surface area (Å²) in [5, 5.41) is 2.60. The third-order valence-electron chi connectivity index (χ3n) is 4.71. The Hall–Kier alpha value is -2.23. The molecular weight excluding hydrogens is 382 g/mol. The molecular formula is C18H19N5O2S2. The Morgan fingerprint density at radius 3 is 2.63 bits per heavy atom. The highest BCUT2D eigenvalue weighted by Gasteiger charge is 2.26. The molecule has 0 saturated carbocycles. The van der Waals surface area contributed by atoms with E-state index in [1.807, 2.05) is 19.1 Å². The molecule has 4 rings (SSSR count). The lowest BCUT2D eigenvalue weighted by atomic mass is 10.2. The van der Waals surface area contributed by atoms with E-state index >= 15 is 0 Å². The van der Waals surface area contributed by atoms with Crippen LogP contribution in [0.15, 0.2) is 28.0 Å². The van der Waals surface area contributed by atoms with Crippen molar-refractivity contribution in [2.75, 3.05) is 38.1 Å². The molecule has 2 saturated heterocycles. The van der Waals surface area contributed by atoms with E-state index in [2.05, 4.69) is 22.2 Å². The highest BCUT2D eigenvalue weighted by atomic mass is 32.2. The van der Waals surface area contributed by atoms with Crippen LogP contribution in [0.4, 0.5) is 5.82 Å². The van der Waals surface area contributed by atoms with E-state index in [0.29, 0.717) is 26.3 Å². The van der Waals surface area contributed by atoms with Gasteiger partial charge in [-0.1, -0.05) is 30.0 Å². The fourth-order valence-electron chi connectivity index (χ4n) is 3.18. The van der Waals surface area contributed by atoms with Gasteiger partial charge in [-0.25, -0.2) is 4.98 Å². The lowest BCUT2D eigenvalue weighted by Gasteiger charge is -2.34. The quantitative estimate of drug-likeness (QED) is 0.600.